The monoisotopic (exact) mass is 333 g/mol. The van der Waals surface area contributed by atoms with Gasteiger partial charge >= 0.3 is 0 Å². The molecule has 4 aromatic rings. The van der Waals surface area contributed by atoms with Crippen LogP contribution in [0.3, 0.4) is 0 Å². The van der Waals surface area contributed by atoms with Crippen LogP contribution in [0.5, 0.6) is 11.6 Å². The van der Waals surface area contributed by atoms with E-state index in [4.69, 9.17) is 4.74 Å². The van der Waals surface area contributed by atoms with Gasteiger partial charge in [0.25, 0.3) is 0 Å². The molecule has 0 aliphatic heterocycles. The highest BCUT2D eigenvalue weighted by Crippen LogP contribution is 2.43. The highest BCUT2D eigenvalue weighted by molar-refractivity contribution is 7.13. The van der Waals surface area contributed by atoms with E-state index >= 15 is 0 Å². The lowest BCUT2D eigenvalue weighted by molar-refractivity contribution is 0.309. The molecule has 0 unspecified atom stereocenters. The molecule has 0 atom stereocenters. The van der Waals surface area contributed by atoms with Crippen molar-refractivity contribution in [2.45, 2.75) is 6.61 Å². The predicted octanol–water partition coefficient (Wildman–Crippen LogP) is 5.25. The lowest BCUT2D eigenvalue weighted by atomic mass is 10.1. The van der Waals surface area contributed by atoms with Crippen molar-refractivity contribution in [3.63, 3.8) is 0 Å². The fraction of sp³-hybridized carbons (Fsp3) is 0.0500. The molecule has 2 heterocycles. The largest absolute Gasteiger partial charge is 0.493 e. The van der Waals surface area contributed by atoms with Crippen LogP contribution in [0.15, 0.2) is 72.1 Å². The average Bonchev–Trinajstić information content (AvgIpc) is 3.14. The van der Waals surface area contributed by atoms with Crippen molar-refractivity contribution in [2.75, 3.05) is 0 Å². The van der Waals surface area contributed by atoms with E-state index in [2.05, 4.69) is 4.98 Å². The minimum atomic E-state index is -0.000730. The minimum absolute atomic E-state index is 0.000730. The number of ether oxygens (including phenoxy) is 1. The topological polar surface area (TPSA) is 42.4 Å². The van der Waals surface area contributed by atoms with E-state index in [0.29, 0.717) is 17.9 Å². The van der Waals surface area contributed by atoms with Gasteiger partial charge in [0, 0.05) is 10.3 Å². The van der Waals surface area contributed by atoms with Crippen molar-refractivity contribution < 1.29 is 9.84 Å². The third kappa shape index (κ3) is 2.72. The van der Waals surface area contributed by atoms with E-state index in [-0.39, 0.29) is 5.88 Å². The van der Waals surface area contributed by atoms with Gasteiger partial charge in [-0.25, -0.2) is 4.98 Å². The number of aromatic nitrogens is 1. The highest BCUT2D eigenvalue weighted by Gasteiger charge is 2.18. The molecule has 1 N–H and O–H groups in total. The second-order valence-corrected chi connectivity index (χ2v) is 6.36. The lowest BCUT2D eigenvalue weighted by Gasteiger charge is -2.14. The van der Waals surface area contributed by atoms with Gasteiger partial charge in [-0.1, -0.05) is 48.5 Å². The molecule has 0 saturated carbocycles. The molecular formula is C20H15NO2S. The van der Waals surface area contributed by atoms with E-state index in [1.807, 2.05) is 72.1 Å². The molecule has 0 radical (unpaired) electrons. The van der Waals surface area contributed by atoms with Crippen LogP contribution in [-0.4, -0.2) is 10.1 Å². The van der Waals surface area contributed by atoms with E-state index in [1.54, 1.807) is 11.3 Å². The zero-order valence-electron chi connectivity index (χ0n) is 12.8. The zero-order chi connectivity index (χ0) is 16.4. The van der Waals surface area contributed by atoms with Crippen molar-refractivity contribution in [2.24, 2.45) is 0 Å². The number of rotatable bonds is 4. The van der Waals surface area contributed by atoms with Gasteiger partial charge in [0.1, 0.15) is 12.4 Å². The van der Waals surface area contributed by atoms with Gasteiger partial charge in [0.2, 0.25) is 5.88 Å². The standard InChI is InChI=1S/C20H15NO2S/c22-20-18(17-11-6-12-24-17)19(15-9-4-5-10-16(15)21-20)23-13-14-7-2-1-3-8-14/h1-12H,13H2,(H,21,22). The summed E-state index contributed by atoms with van der Waals surface area (Å²) < 4.78 is 6.15. The smallest absolute Gasteiger partial charge is 0.224 e. The van der Waals surface area contributed by atoms with Gasteiger partial charge in [0.15, 0.2) is 0 Å². The Morgan fingerprint density at radius 2 is 1.71 bits per heavy atom. The van der Waals surface area contributed by atoms with Crippen LogP contribution >= 0.6 is 11.3 Å². The molecule has 0 aliphatic rings. The van der Waals surface area contributed by atoms with Crippen LogP contribution in [0.1, 0.15) is 5.56 Å². The number of hydrogen-bond donors (Lipinski definition) is 1. The van der Waals surface area contributed by atoms with Crippen molar-refractivity contribution in [3.05, 3.63) is 77.7 Å². The number of para-hydroxylation sites is 1. The van der Waals surface area contributed by atoms with Crippen LogP contribution in [0.4, 0.5) is 0 Å². The minimum Gasteiger partial charge on any atom is -0.493 e. The number of benzene rings is 2. The molecule has 0 aliphatic carbocycles. The van der Waals surface area contributed by atoms with Crippen LogP contribution in [0.25, 0.3) is 21.3 Å². The maximum atomic E-state index is 10.5. The number of fused-ring (bicyclic) bond motifs is 1. The van der Waals surface area contributed by atoms with E-state index in [1.165, 1.54) is 0 Å². The summed E-state index contributed by atoms with van der Waals surface area (Å²) in [7, 11) is 0. The van der Waals surface area contributed by atoms with Crippen LogP contribution in [0.2, 0.25) is 0 Å². The lowest BCUT2D eigenvalue weighted by Crippen LogP contribution is -1.99. The van der Waals surface area contributed by atoms with Crippen molar-refractivity contribution in [3.8, 4) is 22.1 Å². The maximum Gasteiger partial charge on any atom is 0.224 e. The summed E-state index contributed by atoms with van der Waals surface area (Å²) in [5.74, 6) is 0.670. The second kappa shape index (κ2) is 6.34. The summed E-state index contributed by atoms with van der Waals surface area (Å²) in [6.07, 6.45) is 0. The van der Waals surface area contributed by atoms with Crippen LogP contribution in [-0.2, 0) is 6.61 Å². The molecule has 4 rings (SSSR count). The molecule has 0 saturated heterocycles. The van der Waals surface area contributed by atoms with Crippen molar-refractivity contribution in [1.29, 1.82) is 0 Å². The summed E-state index contributed by atoms with van der Waals surface area (Å²) in [6, 6.07) is 21.6. The number of thiophene rings is 1. The Morgan fingerprint density at radius 1 is 0.917 bits per heavy atom. The van der Waals surface area contributed by atoms with Crippen molar-refractivity contribution in [1.82, 2.24) is 4.98 Å². The first-order valence-electron chi connectivity index (χ1n) is 7.65. The third-order valence-corrected chi connectivity index (χ3v) is 4.71. The first-order chi connectivity index (χ1) is 11.8. The number of hydrogen-bond acceptors (Lipinski definition) is 4. The Hall–Kier alpha value is -2.85. The zero-order valence-corrected chi connectivity index (χ0v) is 13.7. The molecule has 0 amide bonds. The molecular weight excluding hydrogens is 318 g/mol. The molecule has 0 spiro atoms. The van der Waals surface area contributed by atoms with Gasteiger partial charge in [-0.2, -0.15) is 0 Å². The summed E-state index contributed by atoms with van der Waals surface area (Å²) in [5, 5.41) is 13.3. The van der Waals surface area contributed by atoms with Crippen LogP contribution < -0.4 is 4.74 Å². The Kier molecular flexibility index (Phi) is 3.89. The van der Waals surface area contributed by atoms with Crippen molar-refractivity contribution >= 4 is 22.2 Å². The molecule has 0 bridgehead atoms. The molecule has 2 aromatic carbocycles. The van der Waals surface area contributed by atoms with Gasteiger partial charge in [-0.15, -0.1) is 11.3 Å². The number of pyridine rings is 1. The molecule has 4 heteroatoms. The first-order valence-corrected chi connectivity index (χ1v) is 8.53. The quantitative estimate of drug-likeness (QED) is 0.555. The maximum absolute atomic E-state index is 10.5. The van der Waals surface area contributed by atoms with Crippen LogP contribution in [0, 0.1) is 0 Å². The molecule has 24 heavy (non-hydrogen) atoms. The summed E-state index contributed by atoms with van der Waals surface area (Å²) in [4.78, 5) is 5.27. The fourth-order valence-electron chi connectivity index (χ4n) is 2.69. The number of nitrogens with zero attached hydrogens (tertiary/aromatic N) is 1. The van der Waals surface area contributed by atoms with E-state index in [0.717, 1.165) is 21.3 Å². The first kappa shape index (κ1) is 14.7. The van der Waals surface area contributed by atoms with Gasteiger partial charge in [0.05, 0.1) is 11.1 Å². The van der Waals surface area contributed by atoms with E-state index in [9.17, 15) is 5.11 Å². The molecule has 118 valence electrons. The summed E-state index contributed by atoms with van der Waals surface area (Å²) >= 11 is 1.55. The second-order valence-electron chi connectivity index (χ2n) is 5.41. The van der Waals surface area contributed by atoms with Gasteiger partial charge < -0.3 is 9.84 Å². The Balaban J connectivity index is 1.85. The normalized spacial score (nSPS) is 10.8. The fourth-order valence-corrected chi connectivity index (χ4v) is 3.45. The van der Waals surface area contributed by atoms with E-state index < -0.39 is 0 Å². The van der Waals surface area contributed by atoms with Gasteiger partial charge in [-0.05, 0) is 29.1 Å². The third-order valence-electron chi connectivity index (χ3n) is 3.82. The molecule has 0 fully saturated rings. The Morgan fingerprint density at radius 3 is 2.50 bits per heavy atom. The summed E-state index contributed by atoms with van der Waals surface area (Å²) in [5.41, 5.74) is 2.45. The predicted molar refractivity (Wildman–Crippen MR) is 97.5 cm³/mol. The molecule has 2 aromatic heterocycles. The van der Waals surface area contributed by atoms with Gasteiger partial charge in [-0.3, -0.25) is 0 Å². The Bertz CT molecular complexity index is 966. The number of aromatic hydroxyl groups is 1. The average molecular weight is 333 g/mol. The summed E-state index contributed by atoms with van der Waals surface area (Å²) in [6.45, 7) is 0.437. The SMILES string of the molecule is Oc1nc2ccccc2c(OCc2ccccc2)c1-c1cccs1. The highest BCUT2D eigenvalue weighted by atomic mass is 32.1. The Labute approximate surface area is 143 Å². The molecule has 3 nitrogen and oxygen atoms in total.